The van der Waals surface area contributed by atoms with Gasteiger partial charge >= 0.3 is 0 Å². The third-order valence-electron chi connectivity index (χ3n) is 4.47. The predicted molar refractivity (Wildman–Crippen MR) is 114 cm³/mol. The van der Waals surface area contributed by atoms with Crippen molar-refractivity contribution in [1.82, 2.24) is 0 Å². The molecule has 27 heavy (non-hydrogen) atoms. The first kappa shape index (κ1) is 19.7. The summed E-state index contributed by atoms with van der Waals surface area (Å²) < 4.78 is 27.2. The fraction of sp³-hybridized carbons (Fsp3) is 0.150. The summed E-state index contributed by atoms with van der Waals surface area (Å²) in [5.74, 6) is -0.124. The number of nitrogens with two attached hydrogens (primary N) is 1. The van der Waals surface area contributed by atoms with Crippen LogP contribution < -0.4 is 5.73 Å². The molecular formula is C20H20N2O2S3. The van der Waals surface area contributed by atoms with Gasteiger partial charge in [-0.1, -0.05) is 30.3 Å². The van der Waals surface area contributed by atoms with Crippen LogP contribution in [0.5, 0.6) is 0 Å². The maximum atomic E-state index is 13.3. The average molecular weight is 417 g/mol. The van der Waals surface area contributed by atoms with Crippen molar-refractivity contribution in [3.8, 4) is 11.1 Å². The largest absolute Gasteiger partial charge is 0.383 e. The number of nitrogen functional groups attached to an aromatic ring is 1. The zero-order valence-electron chi connectivity index (χ0n) is 15.2. The quantitative estimate of drug-likeness (QED) is 0.353. The lowest BCUT2D eigenvalue weighted by Crippen LogP contribution is -2.08. The van der Waals surface area contributed by atoms with E-state index >= 15 is 0 Å². The van der Waals surface area contributed by atoms with Gasteiger partial charge in [0.2, 0.25) is 9.84 Å². The Hall–Kier alpha value is -2.09. The van der Waals surface area contributed by atoms with Gasteiger partial charge < -0.3 is 5.73 Å². The fourth-order valence-corrected chi connectivity index (χ4v) is 6.74. The number of hydrogen-bond donors (Lipinski definition) is 2. The first-order chi connectivity index (χ1) is 12.8. The Bertz CT molecular complexity index is 1130. The van der Waals surface area contributed by atoms with Gasteiger partial charge in [-0.25, -0.2) is 8.42 Å². The van der Waals surface area contributed by atoms with Crippen LogP contribution in [0.4, 0.5) is 0 Å². The molecule has 3 rings (SSSR count). The Morgan fingerprint density at radius 1 is 1.11 bits per heavy atom. The van der Waals surface area contributed by atoms with E-state index in [1.165, 1.54) is 29.2 Å². The number of amidine groups is 1. The number of thiophene rings is 1. The molecule has 0 fully saturated rings. The molecule has 0 saturated heterocycles. The van der Waals surface area contributed by atoms with Crippen LogP contribution in [0, 0.1) is 19.3 Å². The van der Waals surface area contributed by atoms with Crippen molar-refractivity contribution in [3.63, 3.8) is 0 Å². The number of aryl methyl sites for hydroxylation is 1. The van der Waals surface area contributed by atoms with Gasteiger partial charge in [0, 0.05) is 0 Å². The van der Waals surface area contributed by atoms with Crippen LogP contribution in [0.3, 0.4) is 0 Å². The van der Waals surface area contributed by atoms with Crippen LogP contribution in [-0.2, 0) is 9.84 Å². The summed E-state index contributed by atoms with van der Waals surface area (Å²) in [6.07, 6.45) is 1.82. The molecule has 0 spiro atoms. The van der Waals surface area contributed by atoms with E-state index in [0.717, 1.165) is 22.3 Å². The number of rotatable bonds is 5. The maximum absolute atomic E-state index is 13.3. The number of nitrogens with one attached hydrogen (secondary N) is 1. The van der Waals surface area contributed by atoms with Gasteiger partial charge in [-0.15, -0.1) is 23.1 Å². The van der Waals surface area contributed by atoms with E-state index in [1.54, 1.807) is 18.2 Å². The Morgan fingerprint density at radius 2 is 1.81 bits per heavy atom. The molecule has 0 atom stereocenters. The van der Waals surface area contributed by atoms with E-state index in [1.807, 2.05) is 44.4 Å². The van der Waals surface area contributed by atoms with Gasteiger partial charge in [0.25, 0.3) is 0 Å². The topological polar surface area (TPSA) is 84.0 Å². The van der Waals surface area contributed by atoms with Crippen LogP contribution >= 0.6 is 23.1 Å². The van der Waals surface area contributed by atoms with Gasteiger partial charge in [0.05, 0.1) is 18.9 Å². The highest BCUT2D eigenvalue weighted by molar-refractivity contribution is 8.01. The molecule has 0 unspecified atom stereocenters. The highest BCUT2D eigenvalue weighted by atomic mass is 32.2. The standard InChI is InChI=1S/C20H20N2O2S3/c1-12-6-4-9-16(13(12)2)14-7-5-8-15(10-14)27(23,24)18-11-17(19(21)22)26-20(18)25-3/h4-11H,1-3H3,(H3,21,22). The molecule has 0 aliphatic rings. The van der Waals surface area contributed by atoms with Gasteiger partial charge in [-0.2, -0.15) is 0 Å². The average Bonchev–Trinajstić information content (AvgIpc) is 3.10. The van der Waals surface area contributed by atoms with Gasteiger partial charge in [0.15, 0.2) is 0 Å². The maximum Gasteiger partial charge on any atom is 0.208 e. The van der Waals surface area contributed by atoms with E-state index in [4.69, 9.17) is 11.1 Å². The molecular weight excluding hydrogens is 396 g/mol. The van der Waals surface area contributed by atoms with Crippen molar-refractivity contribution in [3.05, 3.63) is 64.5 Å². The lowest BCUT2D eigenvalue weighted by molar-refractivity contribution is 0.595. The molecule has 0 saturated carbocycles. The number of sulfone groups is 1. The van der Waals surface area contributed by atoms with E-state index in [9.17, 15) is 8.42 Å². The predicted octanol–water partition coefficient (Wildman–Crippen LogP) is 4.87. The summed E-state index contributed by atoms with van der Waals surface area (Å²) in [6.45, 7) is 4.08. The summed E-state index contributed by atoms with van der Waals surface area (Å²) in [5, 5.41) is 7.60. The molecule has 4 nitrogen and oxygen atoms in total. The van der Waals surface area contributed by atoms with Crippen molar-refractivity contribution in [1.29, 1.82) is 5.41 Å². The Kier molecular flexibility index (Phi) is 5.46. The molecule has 0 amide bonds. The van der Waals surface area contributed by atoms with E-state index in [0.29, 0.717) is 9.09 Å². The van der Waals surface area contributed by atoms with Crippen molar-refractivity contribution in [2.24, 2.45) is 5.73 Å². The van der Waals surface area contributed by atoms with E-state index in [2.05, 4.69) is 0 Å². The summed E-state index contributed by atoms with van der Waals surface area (Å²) in [6, 6.07) is 14.5. The monoisotopic (exact) mass is 416 g/mol. The molecule has 0 radical (unpaired) electrons. The highest BCUT2D eigenvalue weighted by Gasteiger charge is 2.25. The molecule has 0 aliphatic carbocycles. The summed E-state index contributed by atoms with van der Waals surface area (Å²) in [5.41, 5.74) is 9.73. The van der Waals surface area contributed by atoms with Crippen LogP contribution in [0.15, 0.2) is 62.5 Å². The molecule has 1 aromatic heterocycles. The van der Waals surface area contributed by atoms with Crippen LogP contribution in [0.1, 0.15) is 16.0 Å². The number of thioether (sulfide) groups is 1. The van der Waals surface area contributed by atoms with Crippen LogP contribution in [0.25, 0.3) is 11.1 Å². The molecule has 7 heteroatoms. The highest BCUT2D eigenvalue weighted by Crippen LogP contribution is 2.37. The van der Waals surface area contributed by atoms with Crippen molar-refractivity contribution in [2.75, 3.05) is 6.26 Å². The third-order valence-corrected chi connectivity index (χ3v) is 8.80. The van der Waals surface area contributed by atoms with Gasteiger partial charge in [-0.05, 0) is 60.6 Å². The minimum atomic E-state index is -3.71. The second kappa shape index (κ2) is 7.50. The minimum Gasteiger partial charge on any atom is -0.383 e. The Morgan fingerprint density at radius 3 is 2.48 bits per heavy atom. The zero-order chi connectivity index (χ0) is 19.8. The van der Waals surface area contributed by atoms with Crippen LogP contribution in [-0.4, -0.2) is 20.5 Å². The normalized spacial score (nSPS) is 11.5. The van der Waals surface area contributed by atoms with E-state index < -0.39 is 9.84 Å². The first-order valence-corrected chi connectivity index (χ1v) is 11.7. The molecule has 0 aliphatic heterocycles. The zero-order valence-corrected chi connectivity index (χ0v) is 17.7. The van der Waals surface area contributed by atoms with E-state index in [-0.39, 0.29) is 15.6 Å². The van der Waals surface area contributed by atoms with Gasteiger partial charge in [-0.3, -0.25) is 5.41 Å². The summed E-state index contributed by atoms with van der Waals surface area (Å²) in [4.78, 5) is 0.913. The summed E-state index contributed by atoms with van der Waals surface area (Å²) >= 11 is 2.58. The number of hydrogen-bond acceptors (Lipinski definition) is 5. The third kappa shape index (κ3) is 3.67. The molecule has 1 heterocycles. The lowest BCUT2D eigenvalue weighted by atomic mass is 9.97. The minimum absolute atomic E-state index is 0.124. The summed E-state index contributed by atoms with van der Waals surface area (Å²) in [7, 11) is -3.71. The second-order valence-electron chi connectivity index (χ2n) is 6.16. The Labute approximate surface area is 167 Å². The van der Waals surface area contributed by atoms with Crippen LogP contribution in [0.2, 0.25) is 0 Å². The molecule has 3 N–H and O–H groups in total. The lowest BCUT2D eigenvalue weighted by Gasteiger charge is -2.11. The molecule has 2 aromatic carbocycles. The molecule has 0 bridgehead atoms. The SMILES string of the molecule is CSc1sc(C(=N)N)cc1S(=O)(=O)c1cccc(-c2cccc(C)c2C)c1. The van der Waals surface area contributed by atoms with Crippen molar-refractivity contribution in [2.45, 2.75) is 27.8 Å². The molecule has 140 valence electrons. The number of benzene rings is 2. The van der Waals surface area contributed by atoms with Gasteiger partial charge in [0.1, 0.15) is 5.84 Å². The molecule has 3 aromatic rings. The van der Waals surface area contributed by atoms with Crippen molar-refractivity contribution >= 4 is 38.8 Å². The Balaban J connectivity index is 2.14. The fourth-order valence-electron chi connectivity index (χ4n) is 2.84. The first-order valence-electron chi connectivity index (χ1n) is 8.19. The van der Waals surface area contributed by atoms with Crippen molar-refractivity contribution < 1.29 is 8.42 Å². The smallest absolute Gasteiger partial charge is 0.208 e. The second-order valence-corrected chi connectivity index (χ2v) is 10.2.